The van der Waals surface area contributed by atoms with Crippen LogP contribution in [0.5, 0.6) is 0 Å². The van der Waals surface area contributed by atoms with Crippen molar-refractivity contribution in [3.05, 3.63) is 36.0 Å². The first-order valence-electron chi connectivity index (χ1n) is 27.2. The van der Waals surface area contributed by atoms with E-state index in [0.29, 0.717) is 50.0 Å². The van der Waals surface area contributed by atoms with Gasteiger partial charge in [-0.1, -0.05) is 32.0 Å². The van der Waals surface area contributed by atoms with Gasteiger partial charge in [-0.05, 0) is 114 Å². The van der Waals surface area contributed by atoms with Crippen LogP contribution in [0.4, 0.5) is 0 Å². The Hall–Kier alpha value is -7.04. The van der Waals surface area contributed by atoms with Gasteiger partial charge in [0.2, 0.25) is 53.2 Å². The maximum Gasteiger partial charge on any atom is 0.325 e. The largest absolute Gasteiger partial charge is 0.480 e. The van der Waals surface area contributed by atoms with Gasteiger partial charge in [-0.2, -0.15) is 11.8 Å². The lowest BCUT2D eigenvalue weighted by atomic mass is 10.0. The van der Waals surface area contributed by atoms with Crippen molar-refractivity contribution in [2.24, 2.45) is 33.8 Å². The van der Waals surface area contributed by atoms with Gasteiger partial charge in [0.25, 0.3) is 0 Å². The van der Waals surface area contributed by atoms with Gasteiger partial charge in [0.05, 0.1) is 19.2 Å². The van der Waals surface area contributed by atoms with Gasteiger partial charge < -0.3 is 85.1 Å². The summed E-state index contributed by atoms with van der Waals surface area (Å²) in [5, 5.41) is 38.5. The lowest BCUT2D eigenvalue weighted by molar-refractivity contribution is -0.144. The van der Waals surface area contributed by atoms with E-state index in [1.165, 1.54) is 28.5 Å². The lowest BCUT2D eigenvalue weighted by Gasteiger charge is -2.30. The number of nitrogens with two attached hydrogens (primary N) is 4. The molecule has 2 aromatic rings. The maximum absolute atomic E-state index is 14.6. The molecule has 0 radical (unpaired) electrons. The summed E-state index contributed by atoms with van der Waals surface area (Å²) in [4.78, 5) is 146. The van der Waals surface area contributed by atoms with Crippen LogP contribution in [-0.2, 0) is 54.4 Å². The third kappa shape index (κ3) is 19.9. The second-order valence-electron chi connectivity index (χ2n) is 20.5. The predicted octanol–water partition coefficient (Wildman–Crippen LogP) is -2.88. The van der Waals surface area contributed by atoms with Crippen LogP contribution in [0.2, 0.25) is 0 Å². The number of nitrogens with zero attached hydrogens (tertiary/aromatic N) is 3. The number of hydrogen-bond acceptors (Lipinski definition) is 15. The van der Waals surface area contributed by atoms with Crippen LogP contribution >= 0.6 is 11.8 Å². The Labute approximate surface area is 469 Å². The molecule has 2 aliphatic heterocycles. The second kappa shape index (κ2) is 32.9. The molecule has 9 atom stereocenters. The van der Waals surface area contributed by atoms with Crippen LogP contribution in [0.25, 0.3) is 10.9 Å². The first-order chi connectivity index (χ1) is 38.1. The number of thioether (sulfide) groups is 1. The van der Waals surface area contributed by atoms with Gasteiger partial charge in [0, 0.05) is 43.2 Å². The maximum atomic E-state index is 14.6. The number of carboxylic acid groups (broad SMARTS) is 1. The molecule has 28 heteroatoms. The number of amides is 9. The number of benzene rings is 1. The van der Waals surface area contributed by atoms with Gasteiger partial charge in [-0.25, -0.2) is 0 Å². The van der Waals surface area contributed by atoms with Crippen molar-refractivity contribution < 1.29 is 58.2 Å². The van der Waals surface area contributed by atoms with Crippen molar-refractivity contribution in [1.82, 2.24) is 52.0 Å². The van der Waals surface area contributed by atoms with Crippen LogP contribution in [0, 0.1) is 5.92 Å². The number of H-pyrrole nitrogens is 1. The molecule has 2 saturated heterocycles. The van der Waals surface area contributed by atoms with Crippen molar-refractivity contribution in [3.8, 4) is 0 Å². The topological polar surface area (TPSA) is 434 Å². The SMILES string of the molecule is CSCC[C@H](N)C(=O)N[C@@H](CO)C(=O)N[C@@H](CC(C)C)C(=O)N1CCC[C@H]1C(=O)NCC(=O)N[C@@H](CCCN=C(N)N)C(=O)N[C@@H](Cc1c[nH]c2ccccc12)C(=O)N[C@@H](CCCCN)C(=O)N1CCC[C@H]1C(=O)N[C@@H](C)C(=O)O. The van der Waals surface area contributed by atoms with Crippen LogP contribution < -0.4 is 60.2 Å². The fourth-order valence-electron chi connectivity index (χ4n) is 9.52. The molecule has 444 valence electrons. The number of aliphatic hydroxyl groups is 1. The van der Waals surface area contributed by atoms with Crippen molar-refractivity contribution >= 4 is 87.8 Å². The van der Waals surface area contributed by atoms with Crippen LogP contribution in [0.1, 0.15) is 97.0 Å². The number of likely N-dealkylation sites (tertiary alicyclic amines) is 2. The molecule has 0 aliphatic carbocycles. The summed E-state index contributed by atoms with van der Waals surface area (Å²) in [6.07, 6.45) is 6.40. The normalized spacial score (nSPS) is 17.7. The average molecular weight is 1140 g/mol. The molecule has 0 bridgehead atoms. The van der Waals surface area contributed by atoms with Crippen molar-refractivity contribution in [2.75, 3.05) is 51.3 Å². The quantitative estimate of drug-likeness (QED) is 0.0194. The third-order valence-electron chi connectivity index (χ3n) is 13.8. The Morgan fingerprint density at radius 3 is 1.95 bits per heavy atom. The molecular weight excluding hydrogens is 1060 g/mol. The minimum absolute atomic E-state index is 0.0532. The third-order valence-corrected chi connectivity index (χ3v) is 14.5. The highest BCUT2D eigenvalue weighted by Crippen LogP contribution is 2.24. The fraction of sp³-hybridized carbons (Fsp3) is 0.635. The number of nitrogens with one attached hydrogen (secondary N) is 8. The Morgan fingerprint density at radius 2 is 1.32 bits per heavy atom. The van der Waals surface area contributed by atoms with Crippen LogP contribution in [-0.4, -0.2) is 196 Å². The number of carbonyl (C=O) groups is 10. The number of unbranched alkanes of at least 4 members (excludes halogenated alkanes) is 1. The molecule has 0 unspecified atom stereocenters. The molecule has 2 aliphatic rings. The number of aliphatic imine (C=N–C) groups is 1. The Balaban J connectivity index is 1.53. The van der Waals surface area contributed by atoms with Crippen molar-refractivity contribution in [3.63, 3.8) is 0 Å². The van der Waals surface area contributed by atoms with Crippen molar-refractivity contribution in [1.29, 1.82) is 0 Å². The molecule has 80 heavy (non-hydrogen) atoms. The van der Waals surface area contributed by atoms with E-state index in [1.807, 2.05) is 38.3 Å². The summed E-state index contributed by atoms with van der Waals surface area (Å²) >= 11 is 1.49. The summed E-state index contributed by atoms with van der Waals surface area (Å²) < 4.78 is 0. The number of carboxylic acids is 1. The molecule has 9 amide bonds. The predicted molar refractivity (Wildman–Crippen MR) is 300 cm³/mol. The van der Waals surface area contributed by atoms with E-state index < -0.39 is 127 Å². The molecule has 27 nitrogen and oxygen atoms in total. The first kappa shape index (κ1) is 65.5. The monoisotopic (exact) mass is 1140 g/mol. The molecule has 1 aromatic heterocycles. The number of fused-ring (bicyclic) bond motifs is 1. The van der Waals surface area contributed by atoms with Gasteiger partial charge in [0.15, 0.2) is 5.96 Å². The highest BCUT2D eigenvalue weighted by molar-refractivity contribution is 7.98. The number of guanidine groups is 1. The summed E-state index contributed by atoms with van der Waals surface area (Å²) in [6, 6.07) is -3.37. The van der Waals surface area contributed by atoms with E-state index in [4.69, 9.17) is 22.9 Å². The Bertz CT molecular complexity index is 2490. The van der Waals surface area contributed by atoms with E-state index in [-0.39, 0.29) is 76.5 Å². The van der Waals surface area contributed by atoms with E-state index in [1.54, 1.807) is 12.3 Å². The van der Waals surface area contributed by atoms with Gasteiger partial charge in [-0.15, -0.1) is 0 Å². The average Bonchev–Trinajstić information content (AvgIpc) is 4.27. The molecular formula is C52H83N15O12S. The summed E-state index contributed by atoms with van der Waals surface area (Å²) in [7, 11) is 0. The molecule has 0 spiro atoms. The second-order valence-corrected chi connectivity index (χ2v) is 21.5. The zero-order valence-electron chi connectivity index (χ0n) is 46.1. The fourth-order valence-corrected chi connectivity index (χ4v) is 10.0. The van der Waals surface area contributed by atoms with Crippen LogP contribution in [0.3, 0.4) is 0 Å². The lowest BCUT2D eigenvalue weighted by Crippen LogP contribution is -2.59. The summed E-state index contributed by atoms with van der Waals surface area (Å²) in [5.74, 6) is -7.34. The molecule has 1 aromatic carbocycles. The molecule has 4 rings (SSSR count). The van der Waals surface area contributed by atoms with Gasteiger partial charge in [-0.3, -0.25) is 52.9 Å². The summed E-state index contributed by atoms with van der Waals surface area (Å²) in [5.41, 5.74) is 24.2. The number of hydrogen-bond donors (Lipinski definition) is 14. The van der Waals surface area contributed by atoms with Crippen LogP contribution in [0.15, 0.2) is 35.5 Å². The van der Waals surface area contributed by atoms with E-state index in [9.17, 15) is 58.2 Å². The highest BCUT2D eigenvalue weighted by Gasteiger charge is 2.41. The van der Waals surface area contributed by atoms with Crippen molar-refractivity contribution in [2.45, 2.75) is 152 Å². The number of rotatable bonds is 33. The summed E-state index contributed by atoms with van der Waals surface area (Å²) in [6.45, 7) is 4.21. The van der Waals surface area contributed by atoms with E-state index in [0.717, 1.165) is 10.9 Å². The number of aliphatic carboxylic acids is 1. The molecule has 0 saturated carbocycles. The van der Waals surface area contributed by atoms with E-state index in [2.05, 4.69) is 47.2 Å². The molecule has 3 heterocycles. The zero-order chi connectivity index (χ0) is 59.1. The number of aliphatic hydroxyl groups excluding tert-OH is 1. The number of para-hydroxylation sites is 1. The number of aromatic nitrogens is 1. The Morgan fingerprint density at radius 1 is 0.738 bits per heavy atom. The zero-order valence-corrected chi connectivity index (χ0v) is 46.9. The highest BCUT2D eigenvalue weighted by atomic mass is 32.2. The van der Waals surface area contributed by atoms with E-state index >= 15 is 0 Å². The van der Waals surface area contributed by atoms with Gasteiger partial charge in [0.1, 0.15) is 48.3 Å². The first-order valence-corrected chi connectivity index (χ1v) is 28.6. The Kier molecular flexibility index (Phi) is 26.9. The molecule has 2 fully saturated rings. The number of aromatic amines is 1. The smallest absolute Gasteiger partial charge is 0.325 e. The van der Waals surface area contributed by atoms with Gasteiger partial charge >= 0.3 is 5.97 Å². The minimum atomic E-state index is -1.41. The molecule has 18 N–H and O–H groups in total. The standard InChI is InChI=1S/C52H83N15O12S/c1-29(2)24-38(64-46(73)39(28-68)65-43(70)33(54)18-23-80-4)50(77)66-21-10-16-40(66)47(74)59-27-42(69)61-35(15-9-20-57-52(55)56)44(71)63-37(25-31-26-58-34-13-6-5-12-32(31)34)45(72)62-36(14-7-8-19-53)49(76)67-22-11-17-41(67)48(75)60-30(3)51(78)79/h5-6,12-13,26,29-30,33,35-41,58,68H,7-11,14-25,27-28,53-54H2,1-4H3,(H,59,74)(H,60,75)(H,61,69)(H,62,72)(H,63,71)(H,64,73)(H,65,70)(H,78,79)(H4,55,56,57)/t30-,33-,35-,36-,37-,38-,39-,40-,41-/m0/s1. The minimum Gasteiger partial charge on any atom is -0.480 e. The number of carbonyl (C=O) groups excluding carboxylic acids is 9.